The lowest BCUT2D eigenvalue weighted by molar-refractivity contribution is 0.230. The Balaban J connectivity index is 1.67. The van der Waals surface area contributed by atoms with Crippen LogP contribution >= 0.6 is 0 Å². The van der Waals surface area contributed by atoms with Crippen molar-refractivity contribution in [1.29, 1.82) is 0 Å². The van der Waals surface area contributed by atoms with Gasteiger partial charge in [0.2, 0.25) is 0 Å². The van der Waals surface area contributed by atoms with Gasteiger partial charge in [0.25, 0.3) is 5.56 Å². The number of fused-ring (bicyclic) bond motifs is 1. The molecular weight excluding hydrogens is 446 g/mol. The normalized spacial score (nSPS) is 15.5. The molecule has 1 aliphatic heterocycles. The zero-order chi connectivity index (χ0) is 25.3. The van der Waals surface area contributed by atoms with Crippen LogP contribution in [-0.2, 0) is 20.0 Å². The Bertz CT molecular complexity index is 1390. The summed E-state index contributed by atoms with van der Waals surface area (Å²) in [6, 6.07) is 5.94. The Morgan fingerprint density at radius 3 is 2.66 bits per heavy atom. The molecule has 2 aromatic heterocycles. The minimum Gasteiger partial charge on any atom is -0.296 e. The standard InChI is InChI=1S/C28H30F2N4O/c1-6-7-26(18(3)11-27-32-19(4)12-28(35)33(27)5)34-9-8-25-21(16-34)13-20(15-31-25)22-10-17(2)23(29)14-24(22)30/h6-7,10-15,26H,8-9,16H2,1-5H3/b7-6-,18-11-. The molecule has 0 bridgehead atoms. The molecule has 0 saturated carbocycles. The van der Waals surface area contributed by atoms with E-state index in [1.807, 2.05) is 39.0 Å². The van der Waals surface area contributed by atoms with E-state index in [1.54, 1.807) is 24.7 Å². The van der Waals surface area contributed by atoms with Crippen LogP contribution in [0.5, 0.6) is 0 Å². The van der Waals surface area contributed by atoms with E-state index in [9.17, 15) is 13.6 Å². The monoisotopic (exact) mass is 476 g/mol. The predicted octanol–water partition coefficient (Wildman–Crippen LogP) is 5.14. The van der Waals surface area contributed by atoms with Gasteiger partial charge in [-0.2, -0.15) is 0 Å². The van der Waals surface area contributed by atoms with Crippen LogP contribution in [0.4, 0.5) is 8.78 Å². The average molecular weight is 477 g/mol. The molecule has 7 heteroatoms. The molecule has 0 aliphatic carbocycles. The maximum Gasteiger partial charge on any atom is 0.253 e. The molecule has 182 valence electrons. The third kappa shape index (κ3) is 5.15. The molecule has 0 radical (unpaired) electrons. The molecule has 1 unspecified atom stereocenters. The van der Waals surface area contributed by atoms with E-state index in [0.717, 1.165) is 35.9 Å². The Hall–Kier alpha value is -3.45. The molecule has 3 heterocycles. The number of aromatic nitrogens is 3. The van der Waals surface area contributed by atoms with Crippen molar-refractivity contribution in [1.82, 2.24) is 19.4 Å². The number of allylic oxidation sites excluding steroid dienone is 1. The molecule has 0 amide bonds. The van der Waals surface area contributed by atoms with Gasteiger partial charge in [-0.15, -0.1) is 0 Å². The highest BCUT2D eigenvalue weighted by molar-refractivity contribution is 5.65. The minimum atomic E-state index is -0.593. The van der Waals surface area contributed by atoms with E-state index < -0.39 is 11.6 Å². The van der Waals surface area contributed by atoms with E-state index in [4.69, 9.17) is 0 Å². The summed E-state index contributed by atoms with van der Waals surface area (Å²) < 4.78 is 29.8. The first-order chi connectivity index (χ1) is 16.7. The highest BCUT2D eigenvalue weighted by Crippen LogP contribution is 2.30. The SMILES string of the molecule is C/C=C\C(/C(C)=C\c1nc(C)cc(=O)n1C)N1CCc2ncc(-c3cc(C)c(F)cc3F)cc2C1. The molecule has 0 fully saturated rings. The van der Waals surface area contributed by atoms with Crippen LogP contribution in [0.25, 0.3) is 17.2 Å². The molecular formula is C28H30F2N4O. The van der Waals surface area contributed by atoms with Gasteiger partial charge in [0.1, 0.15) is 17.5 Å². The quantitative estimate of drug-likeness (QED) is 0.479. The molecule has 4 rings (SSSR count). The molecule has 3 aromatic rings. The third-order valence-electron chi connectivity index (χ3n) is 6.52. The van der Waals surface area contributed by atoms with Gasteiger partial charge >= 0.3 is 0 Å². The molecule has 0 saturated heterocycles. The van der Waals surface area contributed by atoms with E-state index in [2.05, 4.69) is 20.9 Å². The zero-order valence-corrected chi connectivity index (χ0v) is 20.8. The van der Waals surface area contributed by atoms with Gasteiger partial charge in [0.05, 0.1) is 0 Å². The summed E-state index contributed by atoms with van der Waals surface area (Å²) in [5, 5.41) is 0. The topological polar surface area (TPSA) is 51.0 Å². The number of hydrogen-bond acceptors (Lipinski definition) is 4. The van der Waals surface area contributed by atoms with Crippen molar-refractivity contribution in [2.24, 2.45) is 7.05 Å². The van der Waals surface area contributed by atoms with Gasteiger partial charge in [0.15, 0.2) is 0 Å². The smallest absolute Gasteiger partial charge is 0.253 e. The fourth-order valence-electron chi connectivity index (χ4n) is 4.55. The zero-order valence-electron chi connectivity index (χ0n) is 20.8. The van der Waals surface area contributed by atoms with Crippen molar-refractivity contribution >= 4 is 6.08 Å². The van der Waals surface area contributed by atoms with Gasteiger partial charge in [-0.1, -0.05) is 12.2 Å². The molecule has 35 heavy (non-hydrogen) atoms. The second kappa shape index (κ2) is 10.0. The number of benzene rings is 1. The lowest BCUT2D eigenvalue weighted by Crippen LogP contribution is -2.39. The average Bonchev–Trinajstić information content (AvgIpc) is 2.82. The van der Waals surface area contributed by atoms with Gasteiger partial charge in [-0.05, 0) is 62.6 Å². The number of pyridine rings is 1. The predicted molar refractivity (Wildman–Crippen MR) is 135 cm³/mol. The first-order valence-electron chi connectivity index (χ1n) is 11.7. The van der Waals surface area contributed by atoms with Crippen molar-refractivity contribution in [2.45, 2.75) is 46.7 Å². The summed E-state index contributed by atoms with van der Waals surface area (Å²) in [4.78, 5) is 23.7. The second-order valence-electron chi connectivity index (χ2n) is 9.14. The Labute approximate surface area is 204 Å². The summed E-state index contributed by atoms with van der Waals surface area (Å²) in [5.74, 6) is -0.532. The summed E-state index contributed by atoms with van der Waals surface area (Å²) in [6.07, 6.45) is 8.54. The second-order valence-corrected chi connectivity index (χ2v) is 9.14. The molecule has 0 N–H and O–H groups in total. The van der Waals surface area contributed by atoms with Crippen LogP contribution in [0.3, 0.4) is 0 Å². The van der Waals surface area contributed by atoms with Crippen LogP contribution < -0.4 is 5.56 Å². The summed E-state index contributed by atoms with van der Waals surface area (Å²) in [6.45, 7) is 8.91. The first-order valence-corrected chi connectivity index (χ1v) is 11.7. The summed E-state index contributed by atoms with van der Waals surface area (Å²) >= 11 is 0. The number of rotatable bonds is 5. The van der Waals surface area contributed by atoms with E-state index in [1.165, 1.54) is 12.1 Å². The maximum absolute atomic E-state index is 14.5. The lowest BCUT2D eigenvalue weighted by Gasteiger charge is -2.34. The fraction of sp³-hybridized carbons (Fsp3) is 0.321. The van der Waals surface area contributed by atoms with E-state index in [0.29, 0.717) is 34.8 Å². The van der Waals surface area contributed by atoms with Crippen molar-refractivity contribution in [3.63, 3.8) is 0 Å². The number of hydrogen-bond donors (Lipinski definition) is 0. The third-order valence-corrected chi connectivity index (χ3v) is 6.52. The van der Waals surface area contributed by atoms with Crippen LogP contribution in [0, 0.1) is 25.5 Å². The van der Waals surface area contributed by atoms with Gasteiger partial charge in [0, 0.05) is 73.4 Å². The van der Waals surface area contributed by atoms with Crippen LogP contribution in [-0.4, -0.2) is 32.0 Å². The van der Waals surface area contributed by atoms with Crippen LogP contribution in [0.15, 0.2) is 53.0 Å². The highest BCUT2D eigenvalue weighted by Gasteiger charge is 2.25. The van der Waals surface area contributed by atoms with Crippen molar-refractivity contribution < 1.29 is 8.78 Å². The van der Waals surface area contributed by atoms with E-state index in [-0.39, 0.29) is 11.6 Å². The Morgan fingerprint density at radius 2 is 1.91 bits per heavy atom. The maximum atomic E-state index is 14.5. The molecule has 5 nitrogen and oxygen atoms in total. The van der Waals surface area contributed by atoms with Crippen molar-refractivity contribution in [2.75, 3.05) is 6.54 Å². The first kappa shape index (κ1) is 24.7. The number of halogens is 2. The number of nitrogens with zero attached hydrogens (tertiary/aromatic N) is 4. The van der Waals surface area contributed by atoms with Gasteiger partial charge in [-0.3, -0.25) is 19.2 Å². The Kier molecular flexibility index (Phi) is 7.08. The highest BCUT2D eigenvalue weighted by atomic mass is 19.1. The summed E-state index contributed by atoms with van der Waals surface area (Å²) in [7, 11) is 1.72. The largest absolute Gasteiger partial charge is 0.296 e. The van der Waals surface area contributed by atoms with Gasteiger partial charge < -0.3 is 0 Å². The lowest BCUT2D eigenvalue weighted by atomic mass is 9.96. The van der Waals surface area contributed by atoms with Gasteiger partial charge in [-0.25, -0.2) is 13.8 Å². The van der Waals surface area contributed by atoms with Crippen LogP contribution in [0.2, 0.25) is 0 Å². The van der Waals surface area contributed by atoms with Crippen LogP contribution in [0.1, 0.15) is 42.2 Å². The molecule has 0 spiro atoms. The summed E-state index contributed by atoms with van der Waals surface area (Å²) in [5.41, 5.74) is 5.06. The molecule has 1 aliphatic rings. The van der Waals surface area contributed by atoms with E-state index >= 15 is 0 Å². The fourth-order valence-corrected chi connectivity index (χ4v) is 4.55. The Morgan fingerprint density at radius 1 is 1.14 bits per heavy atom. The van der Waals surface area contributed by atoms with Crippen molar-refractivity contribution in [3.8, 4) is 11.1 Å². The molecule has 1 aromatic carbocycles. The molecule has 1 atom stereocenters. The minimum absolute atomic E-state index is 0.000905. The number of aryl methyl sites for hydroxylation is 2. The van der Waals surface area contributed by atoms with Crippen molar-refractivity contribution in [3.05, 3.63) is 98.5 Å².